The number of nitrogens with zero attached hydrogens (tertiary/aromatic N) is 2. The molecule has 2 nitrogen and oxygen atoms in total. The third-order valence-electron chi connectivity index (χ3n) is 9.11. The van der Waals surface area contributed by atoms with E-state index in [1.54, 1.807) is 5.56 Å². The van der Waals surface area contributed by atoms with Crippen molar-refractivity contribution >= 4 is 26.5 Å². The van der Waals surface area contributed by atoms with Crippen LogP contribution >= 0.6 is 0 Å². The summed E-state index contributed by atoms with van der Waals surface area (Å²) in [4.78, 5) is 9.49. The van der Waals surface area contributed by atoms with Crippen molar-refractivity contribution in [3.63, 3.8) is 0 Å². The number of pyridine rings is 2. The van der Waals surface area contributed by atoms with E-state index in [2.05, 4.69) is 131 Å². The van der Waals surface area contributed by atoms with Crippen molar-refractivity contribution in [3.8, 4) is 33.6 Å². The molecule has 1 saturated carbocycles. The fourth-order valence-electron chi connectivity index (χ4n) is 6.50. The number of hydrogen-bond donors (Lipinski definition) is 0. The molecule has 1 aliphatic carbocycles. The van der Waals surface area contributed by atoms with Crippen LogP contribution in [-0.2, 0) is 20.1 Å². The van der Waals surface area contributed by atoms with Crippen LogP contribution in [0.1, 0.15) is 44.1 Å². The van der Waals surface area contributed by atoms with Gasteiger partial charge in [-0.1, -0.05) is 107 Å². The number of rotatable bonds is 7. The van der Waals surface area contributed by atoms with Crippen LogP contribution in [0.25, 0.3) is 33.6 Å². The molecule has 5 heteroatoms. The van der Waals surface area contributed by atoms with E-state index in [0.717, 1.165) is 28.4 Å². The van der Waals surface area contributed by atoms with Crippen LogP contribution in [0.15, 0.2) is 103 Å². The van der Waals surface area contributed by atoms with Gasteiger partial charge in [-0.05, 0) is 57.6 Å². The van der Waals surface area contributed by atoms with Crippen LogP contribution < -0.4 is 10.4 Å². The average molecular weight is 817 g/mol. The van der Waals surface area contributed by atoms with Gasteiger partial charge in [-0.15, -0.1) is 71.8 Å². The summed E-state index contributed by atoms with van der Waals surface area (Å²) < 4.78 is 0. The van der Waals surface area contributed by atoms with E-state index >= 15 is 0 Å². The van der Waals surface area contributed by atoms with Gasteiger partial charge in [-0.2, -0.15) is 0 Å². The maximum Gasteiger partial charge on any atom is 0.0803 e. The zero-order valence-corrected chi connectivity index (χ0v) is 32.9. The zero-order valence-electron chi connectivity index (χ0n) is 28.5. The van der Waals surface area contributed by atoms with Gasteiger partial charge in [0.25, 0.3) is 0 Å². The third-order valence-corrected chi connectivity index (χ3v) is 13.2. The summed E-state index contributed by atoms with van der Waals surface area (Å²) in [6.45, 7) is 16.8. The minimum absolute atomic E-state index is 0. The first-order valence-corrected chi connectivity index (χ1v) is 23.5. The van der Waals surface area contributed by atoms with Gasteiger partial charge in [0.1, 0.15) is 0 Å². The molecule has 0 saturated heterocycles. The number of hydrogen-bond acceptors (Lipinski definition) is 2. The molecular weight excluding hydrogens is 769 g/mol. The summed E-state index contributed by atoms with van der Waals surface area (Å²) in [6, 6.07) is 38.0. The van der Waals surface area contributed by atoms with Crippen molar-refractivity contribution in [3.05, 3.63) is 121 Å². The monoisotopic (exact) mass is 817 g/mol. The Morgan fingerprint density at radius 2 is 1.15 bits per heavy atom. The fourth-order valence-corrected chi connectivity index (χ4v) is 9.59. The molecule has 2 aromatic heterocycles. The quantitative estimate of drug-likeness (QED) is 0.121. The molecule has 1 unspecified atom stereocenters. The SMILES string of the molecule is CC(c1cc(-c2[c-]cccc2)ncc1[Si](C)(C)C)C1CCCC1.C[Si](C)(C)c1cnc(-c2[c-]cccc2)cc1-c1ccccc1.[Ir]. The van der Waals surface area contributed by atoms with Gasteiger partial charge in [0, 0.05) is 32.5 Å². The molecule has 0 amide bonds. The topological polar surface area (TPSA) is 25.8 Å². The molecule has 3 aromatic carbocycles. The zero-order chi connectivity index (χ0) is 32.0. The van der Waals surface area contributed by atoms with E-state index in [1.807, 2.05) is 30.3 Å². The second-order valence-corrected chi connectivity index (χ2v) is 24.6. The molecule has 2 heterocycles. The van der Waals surface area contributed by atoms with Gasteiger partial charge in [0.05, 0.1) is 16.1 Å². The molecule has 0 bridgehead atoms. The van der Waals surface area contributed by atoms with E-state index < -0.39 is 16.1 Å². The van der Waals surface area contributed by atoms with Gasteiger partial charge in [0.15, 0.2) is 0 Å². The van der Waals surface area contributed by atoms with E-state index in [0.29, 0.717) is 5.92 Å². The van der Waals surface area contributed by atoms with Crippen molar-refractivity contribution in [2.24, 2.45) is 5.92 Å². The van der Waals surface area contributed by atoms with Gasteiger partial charge < -0.3 is 9.97 Å². The molecule has 6 rings (SSSR count). The maximum absolute atomic E-state index is 4.79. The van der Waals surface area contributed by atoms with Crippen molar-refractivity contribution in [2.45, 2.75) is 77.8 Å². The molecule has 1 atom stereocenters. The molecule has 5 aromatic rings. The summed E-state index contributed by atoms with van der Waals surface area (Å²) >= 11 is 0. The molecule has 0 aliphatic heterocycles. The predicted molar refractivity (Wildman–Crippen MR) is 199 cm³/mol. The Balaban J connectivity index is 0.000000205. The summed E-state index contributed by atoms with van der Waals surface area (Å²) in [5, 5.41) is 2.94. The first kappa shape index (κ1) is 35.9. The van der Waals surface area contributed by atoms with Crippen LogP contribution in [0.2, 0.25) is 39.3 Å². The average Bonchev–Trinajstić information content (AvgIpc) is 3.60. The maximum atomic E-state index is 4.79. The van der Waals surface area contributed by atoms with Crippen molar-refractivity contribution in [2.75, 3.05) is 0 Å². The first-order valence-electron chi connectivity index (χ1n) is 16.5. The minimum Gasteiger partial charge on any atom is -0.305 e. The van der Waals surface area contributed by atoms with Crippen LogP contribution in [-0.4, -0.2) is 26.1 Å². The van der Waals surface area contributed by atoms with Crippen molar-refractivity contribution in [1.29, 1.82) is 0 Å². The summed E-state index contributed by atoms with van der Waals surface area (Å²) in [5.41, 5.74) is 8.34. The second kappa shape index (κ2) is 15.8. The van der Waals surface area contributed by atoms with E-state index in [4.69, 9.17) is 9.97 Å². The molecule has 1 aliphatic rings. The van der Waals surface area contributed by atoms with Crippen LogP contribution in [0, 0.1) is 18.1 Å². The Labute approximate surface area is 293 Å². The fraction of sp³-hybridized carbons (Fsp3) is 0.317. The molecule has 0 spiro atoms. The van der Waals surface area contributed by atoms with E-state index in [9.17, 15) is 0 Å². The number of aromatic nitrogens is 2. The molecule has 1 radical (unpaired) electrons. The molecule has 0 N–H and O–H groups in total. The standard InChI is InChI=1S/C21H28NSi.C20H20NSi.Ir/c1-16(17-10-8-9-11-17)19-14-20(18-12-6-5-7-13-18)22-15-21(19)23(2,3)4;1-22(2,3)20-15-21-19(17-12-8-5-9-13-17)14-18(20)16-10-6-4-7-11-16;/h5-7,12,14-17H,8-11H2,1-4H3;4-12,14-15H,1-3H3;/q2*-1;. The predicted octanol–water partition coefficient (Wildman–Crippen LogP) is 10.1. The van der Waals surface area contributed by atoms with Gasteiger partial charge >= 0.3 is 0 Å². The van der Waals surface area contributed by atoms with Gasteiger partial charge in [-0.25, -0.2) is 0 Å². The normalized spacial score (nSPS) is 14.2. The van der Waals surface area contributed by atoms with Gasteiger partial charge in [-0.3, -0.25) is 0 Å². The number of benzene rings is 3. The van der Waals surface area contributed by atoms with Crippen molar-refractivity contribution in [1.82, 2.24) is 9.97 Å². The molecule has 1 fully saturated rings. The minimum atomic E-state index is -1.46. The Hall–Kier alpha value is -2.96. The summed E-state index contributed by atoms with van der Waals surface area (Å²) in [5.74, 6) is 1.49. The molecule has 46 heavy (non-hydrogen) atoms. The smallest absolute Gasteiger partial charge is 0.0803 e. The summed E-state index contributed by atoms with van der Waals surface area (Å²) in [7, 11) is -2.85. The van der Waals surface area contributed by atoms with Crippen molar-refractivity contribution < 1.29 is 20.1 Å². The van der Waals surface area contributed by atoms with Crippen LogP contribution in [0.3, 0.4) is 0 Å². The van der Waals surface area contributed by atoms with Gasteiger partial charge in [0.2, 0.25) is 0 Å². The Morgan fingerprint density at radius 1 is 0.652 bits per heavy atom. The van der Waals surface area contributed by atoms with E-state index in [1.165, 1.54) is 47.2 Å². The second-order valence-electron chi connectivity index (χ2n) is 14.5. The summed E-state index contributed by atoms with van der Waals surface area (Å²) in [6.07, 6.45) is 9.83. The Bertz CT molecular complexity index is 1670. The first-order chi connectivity index (χ1) is 21.5. The Morgan fingerprint density at radius 3 is 1.65 bits per heavy atom. The molecule has 241 valence electrons. The largest absolute Gasteiger partial charge is 0.305 e. The van der Waals surface area contributed by atoms with Crippen LogP contribution in [0.4, 0.5) is 0 Å². The van der Waals surface area contributed by atoms with E-state index in [-0.39, 0.29) is 20.1 Å². The van der Waals surface area contributed by atoms with Crippen LogP contribution in [0.5, 0.6) is 0 Å². The molecular formula is C41H48IrN2Si2-2. The Kier molecular flexibility index (Phi) is 12.3. The third kappa shape index (κ3) is 8.89.